The van der Waals surface area contributed by atoms with Gasteiger partial charge in [-0.2, -0.15) is 0 Å². The van der Waals surface area contributed by atoms with Gasteiger partial charge in [0, 0.05) is 19.2 Å². The summed E-state index contributed by atoms with van der Waals surface area (Å²) in [5, 5.41) is 5.49. The highest BCUT2D eigenvalue weighted by molar-refractivity contribution is 5.74. The average Bonchev–Trinajstić information content (AvgIpc) is 2.08. The number of urea groups is 1. The average molecular weight is 218 g/mol. The Hall–Kier alpha value is -0.810. The smallest absolute Gasteiger partial charge is 0.315 e. The highest BCUT2D eigenvalue weighted by Gasteiger charge is 2.12. The van der Waals surface area contributed by atoms with Crippen LogP contribution in [0.15, 0.2) is 0 Å². The van der Waals surface area contributed by atoms with Crippen LogP contribution < -0.4 is 10.6 Å². The van der Waals surface area contributed by atoms with Crippen molar-refractivity contribution in [2.24, 2.45) is 0 Å². The van der Waals surface area contributed by atoms with Gasteiger partial charge in [0.1, 0.15) is 0 Å². The van der Waals surface area contributed by atoms with Gasteiger partial charge in [-0.3, -0.25) is 0 Å². The molecular formula is C10H22N2O3. The van der Waals surface area contributed by atoms with Gasteiger partial charge in [-0.1, -0.05) is 0 Å². The number of methoxy groups -OCH3 is 1. The Labute approximate surface area is 91.5 Å². The molecule has 0 bridgehead atoms. The Morgan fingerprint density at radius 2 is 1.87 bits per heavy atom. The zero-order valence-electron chi connectivity index (χ0n) is 10.1. The maximum absolute atomic E-state index is 11.2. The minimum absolute atomic E-state index is 0.169. The number of hydrogen-bond donors (Lipinski definition) is 2. The second kappa shape index (κ2) is 7.48. The molecule has 0 atom stereocenters. The molecular weight excluding hydrogens is 196 g/mol. The van der Waals surface area contributed by atoms with Crippen molar-refractivity contribution in [2.75, 3.05) is 33.5 Å². The number of carbonyl (C=O) groups excluding carboxylic acids is 1. The van der Waals surface area contributed by atoms with Gasteiger partial charge in [-0.05, 0) is 20.8 Å². The standard InChI is InChI=1S/C10H22N2O3/c1-10(2,3)12-9(13)11-5-6-15-8-7-14-4/h5-8H2,1-4H3,(H2,11,12,13). The van der Waals surface area contributed by atoms with Crippen molar-refractivity contribution in [2.45, 2.75) is 26.3 Å². The van der Waals surface area contributed by atoms with E-state index in [4.69, 9.17) is 9.47 Å². The first kappa shape index (κ1) is 14.2. The van der Waals surface area contributed by atoms with Crippen LogP contribution in [-0.4, -0.2) is 45.0 Å². The Balaban J connectivity index is 3.32. The van der Waals surface area contributed by atoms with Crippen molar-refractivity contribution in [3.05, 3.63) is 0 Å². The van der Waals surface area contributed by atoms with Crippen LogP contribution in [0.3, 0.4) is 0 Å². The van der Waals surface area contributed by atoms with Crippen LogP contribution in [0.4, 0.5) is 4.79 Å². The summed E-state index contributed by atoms with van der Waals surface area (Å²) in [7, 11) is 1.62. The van der Waals surface area contributed by atoms with E-state index in [1.165, 1.54) is 0 Å². The van der Waals surface area contributed by atoms with Crippen molar-refractivity contribution in [1.82, 2.24) is 10.6 Å². The first-order valence-electron chi connectivity index (χ1n) is 5.08. The summed E-state index contributed by atoms with van der Waals surface area (Å²) in [6, 6.07) is -0.169. The lowest BCUT2D eigenvalue weighted by atomic mass is 10.1. The highest BCUT2D eigenvalue weighted by atomic mass is 16.5. The molecule has 0 aromatic rings. The Kier molecular flexibility index (Phi) is 7.07. The van der Waals surface area contributed by atoms with Crippen molar-refractivity contribution in [3.8, 4) is 0 Å². The summed E-state index contributed by atoms with van der Waals surface area (Å²) < 4.78 is 10.00. The Morgan fingerprint density at radius 1 is 1.20 bits per heavy atom. The summed E-state index contributed by atoms with van der Waals surface area (Å²) in [5.74, 6) is 0. The van der Waals surface area contributed by atoms with Gasteiger partial charge in [0.15, 0.2) is 0 Å². The molecule has 0 aliphatic carbocycles. The molecule has 5 heteroatoms. The zero-order chi connectivity index (χ0) is 11.7. The number of nitrogens with one attached hydrogen (secondary N) is 2. The number of ether oxygens (including phenoxy) is 2. The summed E-state index contributed by atoms with van der Waals surface area (Å²) in [4.78, 5) is 11.2. The molecule has 0 unspecified atom stereocenters. The minimum Gasteiger partial charge on any atom is -0.382 e. The molecule has 5 nitrogen and oxygen atoms in total. The molecule has 0 fully saturated rings. The third-order valence-electron chi connectivity index (χ3n) is 1.45. The first-order chi connectivity index (χ1) is 6.95. The molecule has 0 heterocycles. The maximum atomic E-state index is 11.2. The van der Waals surface area contributed by atoms with Gasteiger partial charge < -0.3 is 20.1 Å². The topological polar surface area (TPSA) is 59.6 Å². The van der Waals surface area contributed by atoms with E-state index in [2.05, 4.69) is 10.6 Å². The summed E-state index contributed by atoms with van der Waals surface area (Å²) in [6.07, 6.45) is 0. The van der Waals surface area contributed by atoms with Crippen LogP contribution >= 0.6 is 0 Å². The molecule has 90 valence electrons. The van der Waals surface area contributed by atoms with Crippen LogP contribution in [0, 0.1) is 0 Å². The third-order valence-corrected chi connectivity index (χ3v) is 1.45. The van der Waals surface area contributed by atoms with Gasteiger partial charge in [0.25, 0.3) is 0 Å². The summed E-state index contributed by atoms with van der Waals surface area (Å²) in [5.41, 5.74) is -0.207. The van der Waals surface area contributed by atoms with E-state index in [1.807, 2.05) is 20.8 Å². The predicted molar refractivity (Wildman–Crippen MR) is 59.0 cm³/mol. The van der Waals surface area contributed by atoms with Crippen molar-refractivity contribution in [3.63, 3.8) is 0 Å². The van der Waals surface area contributed by atoms with Gasteiger partial charge in [-0.15, -0.1) is 0 Å². The Bertz CT molecular complexity index is 178. The van der Waals surface area contributed by atoms with E-state index in [0.29, 0.717) is 26.4 Å². The molecule has 0 aliphatic heterocycles. The first-order valence-corrected chi connectivity index (χ1v) is 5.08. The molecule has 0 aromatic carbocycles. The van der Waals surface area contributed by atoms with Gasteiger partial charge >= 0.3 is 6.03 Å². The van der Waals surface area contributed by atoms with E-state index in [0.717, 1.165) is 0 Å². The summed E-state index contributed by atoms with van der Waals surface area (Å²) in [6.45, 7) is 7.94. The van der Waals surface area contributed by atoms with Crippen LogP contribution in [0.2, 0.25) is 0 Å². The van der Waals surface area contributed by atoms with Gasteiger partial charge in [0.05, 0.1) is 19.8 Å². The quantitative estimate of drug-likeness (QED) is 0.647. The molecule has 0 aliphatic rings. The summed E-state index contributed by atoms with van der Waals surface area (Å²) >= 11 is 0. The molecule has 2 amide bonds. The minimum atomic E-state index is -0.207. The zero-order valence-corrected chi connectivity index (χ0v) is 10.1. The predicted octanol–water partition coefficient (Wildman–Crippen LogP) is 0.747. The fourth-order valence-electron chi connectivity index (χ4n) is 0.866. The van der Waals surface area contributed by atoms with E-state index >= 15 is 0 Å². The normalized spacial score (nSPS) is 11.2. The molecule has 0 saturated carbocycles. The van der Waals surface area contributed by atoms with Crippen LogP contribution in [0.25, 0.3) is 0 Å². The molecule has 2 N–H and O–H groups in total. The Morgan fingerprint density at radius 3 is 2.40 bits per heavy atom. The molecule has 0 aromatic heterocycles. The van der Waals surface area contributed by atoms with E-state index < -0.39 is 0 Å². The molecule has 0 rings (SSSR count). The molecule has 0 saturated heterocycles. The largest absolute Gasteiger partial charge is 0.382 e. The van der Waals surface area contributed by atoms with E-state index in [9.17, 15) is 4.79 Å². The fraction of sp³-hybridized carbons (Fsp3) is 0.900. The van der Waals surface area contributed by atoms with Gasteiger partial charge in [-0.25, -0.2) is 4.79 Å². The van der Waals surface area contributed by atoms with Crippen LogP contribution in [-0.2, 0) is 9.47 Å². The number of amides is 2. The second-order valence-corrected chi connectivity index (χ2v) is 4.24. The van der Waals surface area contributed by atoms with Crippen LogP contribution in [0.1, 0.15) is 20.8 Å². The van der Waals surface area contributed by atoms with Crippen molar-refractivity contribution >= 4 is 6.03 Å². The lowest BCUT2D eigenvalue weighted by Crippen LogP contribution is -2.47. The molecule has 0 spiro atoms. The van der Waals surface area contributed by atoms with Crippen molar-refractivity contribution in [1.29, 1.82) is 0 Å². The number of hydrogen-bond acceptors (Lipinski definition) is 3. The maximum Gasteiger partial charge on any atom is 0.315 e. The molecule has 0 radical (unpaired) electrons. The lowest BCUT2D eigenvalue weighted by molar-refractivity contribution is 0.0726. The number of rotatable bonds is 6. The fourth-order valence-corrected chi connectivity index (χ4v) is 0.866. The lowest BCUT2D eigenvalue weighted by Gasteiger charge is -2.20. The SMILES string of the molecule is COCCOCCNC(=O)NC(C)(C)C. The van der Waals surface area contributed by atoms with E-state index in [1.54, 1.807) is 7.11 Å². The second-order valence-electron chi connectivity index (χ2n) is 4.24. The third kappa shape index (κ3) is 11.1. The van der Waals surface area contributed by atoms with Gasteiger partial charge in [0.2, 0.25) is 0 Å². The monoisotopic (exact) mass is 218 g/mol. The van der Waals surface area contributed by atoms with Crippen molar-refractivity contribution < 1.29 is 14.3 Å². The molecule has 15 heavy (non-hydrogen) atoms. The van der Waals surface area contributed by atoms with E-state index in [-0.39, 0.29) is 11.6 Å². The van der Waals surface area contributed by atoms with Crippen LogP contribution in [0.5, 0.6) is 0 Å². The highest BCUT2D eigenvalue weighted by Crippen LogP contribution is 1.96. The number of carbonyl (C=O) groups is 1.